The second-order valence-corrected chi connectivity index (χ2v) is 8.09. The summed E-state index contributed by atoms with van der Waals surface area (Å²) in [7, 11) is 1.88. The van der Waals surface area contributed by atoms with Crippen molar-refractivity contribution in [3.8, 4) is 11.1 Å². The van der Waals surface area contributed by atoms with E-state index < -0.39 is 5.92 Å². The molecular weight excluding hydrogens is 416 g/mol. The third-order valence-electron chi connectivity index (χ3n) is 5.62. The molecule has 2 aromatic carbocycles. The van der Waals surface area contributed by atoms with Gasteiger partial charge in [0.25, 0.3) is 0 Å². The summed E-state index contributed by atoms with van der Waals surface area (Å²) in [6.45, 7) is 0. The summed E-state index contributed by atoms with van der Waals surface area (Å²) < 4.78 is 7.33. The highest BCUT2D eigenvalue weighted by Gasteiger charge is 2.30. The molecule has 1 unspecified atom stereocenters. The van der Waals surface area contributed by atoms with Gasteiger partial charge in [-0.3, -0.25) is 19.6 Å². The van der Waals surface area contributed by atoms with Crippen LogP contribution in [0.5, 0.6) is 0 Å². The van der Waals surface area contributed by atoms with Gasteiger partial charge in [-0.2, -0.15) is 5.10 Å². The molecule has 0 radical (unpaired) electrons. The van der Waals surface area contributed by atoms with E-state index in [1.54, 1.807) is 4.68 Å². The number of hydrogen-bond donors (Lipinski definition) is 1. The number of fused-ring (bicyclic) bond motifs is 1. The number of aromatic nitrogens is 3. The molecule has 8 heteroatoms. The van der Waals surface area contributed by atoms with Crippen LogP contribution in [0.15, 0.2) is 53.2 Å². The van der Waals surface area contributed by atoms with Crippen LogP contribution in [0.4, 0.5) is 0 Å². The molecule has 0 saturated carbocycles. The van der Waals surface area contributed by atoms with Crippen molar-refractivity contribution in [2.24, 2.45) is 7.05 Å². The molecule has 3 heterocycles. The van der Waals surface area contributed by atoms with Crippen LogP contribution in [0.25, 0.3) is 22.1 Å². The minimum atomic E-state index is -0.441. The standard InChI is InChI=1S/C23H19ClN4O3/c1-28-10-9-14(26-28)12-19-18-6-5-13(11-20(18)31-27-19)15-3-2-4-16(22(15)24)17-7-8-21(29)25-23(17)30/h2-6,9-11,17H,7-8,12H2,1H3,(H,25,29,30). The fourth-order valence-corrected chi connectivity index (χ4v) is 4.41. The molecule has 2 aromatic heterocycles. The maximum absolute atomic E-state index is 12.3. The Morgan fingerprint density at radius 2 is 2.10 bits per heavy atom. The van der Waals surface area contributed by atoms with Crippen LogP contribution in [0, 0.1) is 0 Å². The molecule has 4 aromatic rings. The minimum Gasteiger partial charge on any atom is -0.356 e. The minimum absolute atomic E-state index is 0.245. The molecule has 31 heavy (non-hydrogen) atoms. The van der Waals surface area contributed by atoms with Crippen LogP contribution >= 0.6 is 11.6 Å². The summed E-state index contributed by atoms with van der Waals surface area (Å²) in [6, 6.07) is 13.4. The van der Waals surface area contributed by atoms with Crippen molar-refractivity contribution < 1.29 is 14.1 Å². The van der Waals surface area contributed by atoms with E-state index in [1.807, 2.05) is 55.7 Å². The second-order valence-electron chi connectivity index (χ2n) is 7.71. The first-order valence-corrected chi connectivity index (χ1v) is 10.4. The number of piperidine rings is 1. The molecule has 1 fully saturated rings. The summed E-state index contributed by atoms with van der Waals surface area (Å²) in [6.07, 6.45) is 3.23. The average Bonchev–Trinajstić information content (AvgIpc) is 3.34. The molecule has 1 aliphatic heterocycles. The molecule has 156 valence electrons. The lowest BCUT2D eigenvalue weighted by atomic mass is 9.88. The molecule has 2 amide bonds. The average molecular weight is 435 g/mol. The van der Waals surface area contributed by atoms with E-state index in [0.29, 0.717) is 29.9 Å². The van der Waals surface area contributed by atoms with Crippen molar-refractivity contribution in [1.82, 2.24) is 20.3 Å². The highest BCUT2D eigenvalue weighted by atomic mass is 35.5. The zero-order valence-corrected chi connectivity index (χ0v) is 17.5. The van der Waals surface area contributed by atoms with E-state index in [1.165, 1.54) is 0 Å². The van der Waals surface area contributed by atoms with Crippen molar-refractivity contribution in [1.29, 1.82) is 0 Å². The Morgan fingerprint density at radius 3 is 2.87 bits per heavy atom. The maximum atomic E-state index is 12.3. The Bertz CT molecular complexity index is 1320. The molecular formula is C23H19ClN4O3. The van der Waals surface area contributed by atoms with Crippen LogP contribution < -0.4 is 5.32 Å². The highest BCUT2D eigenvalue weighted by Crippen LogP contribution is 2.38. The summed E-state index contributed by atoms with van der Waals surface area (Å²) in [4.78, 5) is 23.8. The van der Waals surface area contributed by atoms with Crippen molar-refractivity contribution >= 4 is 34.4 Å². The first-order chi connectivity index (χ1) is 15.0. The van der Waals surface area contributed by atoms with Crippen LogP contribution in [0.1, 0.15) is 35.7 Å². The van der Waals surface area contributed by atoms with Gasteiger partial charge in [0.05, 0.1) is 22.3 Å². The van der Waals surface area contributed by atoms with Crippen LogP contribution in [-0.2, 0) is 23.1 Å². The predicted molar refractivity (Wildman–Crippen MR) is 116 cm³/mol. The smallest absolute Gasteiger partial charge is 0.234 e. The molecule has 7 nitrogen and oxygen atoms in total. The quantitative estimate of drug-likeness (QED) is 0.490. The highest BCUT2D eigenvalue weighted by molar-refractivity contribution is 6.34. The van der Waals surface area contributed by atoms with E-state index in [9.17, 15) is 9.59 Å². The Morgan fingerprint density at radius 1 is 1.23 bits per heavy atom. The second kappa shape index (κ2) is 7.67. The summed E-state index contributed by atoms with van der Waals surface area (Å²) in [5, 5.41) is 12.4. The van der Waals surface area contributed by atoms with Gasteiger partial charge < -0.3 is 4.52 Å². The van der Waals surface area contributed by atoms with Gasteiger partial charge in [-0.25, -0.2) is 0 Å². The predicted octanol–water partition coefficient (Wildman–Crippen LogP) is 3.99. The van der Waals surface area contributed by atoms with Crippen LogP contribution in [0.2, 0.25) is 5.02 Å². The normalized spacial score (nSPS) is 16.6. The SMILES string of the molecule is Cn1ccc(Cc2noc3cc(-c4cccc(C5CCC(=O)NC5=O)c4Cl)ccc23)n1. The van der Waals surface area contributed by atoms with Gasteiger partial charge in [0.1, 0.15) is 0 Å². The van der Waals surface area contributed by atoms with Gasteiger partial charge in [-0.15, -0.1) is 0 Å². The van der Waals surface area contributed by atoms with Gasteiger partial charge in [0.2, 0.25) is 11.8 Å². The molecule has 0 spiro atoms. The van der Waals surface area contributed by atoms with Crippen molar-refractivity contribution in [3.63, 3.8) is 0 Å². The molecule has 5 rings (SSSR count). The van der Waals surface area contributed by atoms with Crippen LogP contribution in [0.3, 0.4) is 0 Å². The van der Waals surface area contributed by atoms with E-state index in [4.69, 9.17) is 16.1 Å². The van der Waals surface area contributed by atoms with E-state index in [0.717, 1.165) is 33.5 Å². The Balaban J connectivity index is 1.48. The first kappa shape index (κ1) is 19.5. The van der Waals surface area contributed by atoms with Crippen molar-refractivity contribution in [3.05, 3.63) is 70.6 Å². The number of amides is 2. The Hall–Kier alpha value is -3.45. The third-order valence-corrected chi connectivity index (χ3v) is 6.04. The number of carbonyl (C=O) groups excluding carboxylic acids is 2. The summed E-state index contributed by atoms with van der Waals surface area (Å²) >= 11 is 6.72. The van der Waals surface area contributed by atoms with Crippen molar-refractivity contribution in [2.45, 2.75) is 25.2 Å². The lowest BCUT2D eigenvalue weighted by Gasteiger charge is -2.23. The number of aryl methyl sites for hydroxylation is 1. The molecule has 1 atom stereocenters. The Kier molecular flexibility index (Phi) is 4.82. The van der Waals surface area contributed by atoms with Gasteiger partial charge in [-0.05, 0) is 35.7 Å². The zero-order valence-electron chi connectivity index (χ0n) is 16.8. The molecule has 1 saturated heterocycles. The fraction of sp³-hybridized carbons (Fsp3) is 0.217. The number of carbonyl (C=O) groups is 2. The van der Waals surface area contributed by atoms with E-state index in [2.05, 4.69) is 15.6 Å². The first-order valence-electron chi connectivity index (χ1n) is 9.99. The number of imide groups is 1. The zero-order chi connectivity index (χ0) is 21.5. The fourth-order valence-electron chi connectivity index (χ4n) is 4.05. The van der Waals surface area contributed by atoms with Gasteiger partial charge >= 0.3 is 0 Å². The molecule has 1 N–H and O–H groups in total. The molecule has 1 aliphatic rings. The van der Waals surface area contributed by atoms with E-state index >= 15 is 0 Å². The maximum Gasteiger partial charge on any atom is 0.234 e. The number of hydrogen-bond acceptors (Lipinski definition) is 5. The number of rotatable bonds is 4. The number of halogens is 1. The largest absolute Gasteiger partial charge is 0.356 e. The van der Waals surface area contributed by atoms with Gasteiger partial charge in [0.15, 0.2) is 5.58 Å². The van der Waals surface area contributed by atoms with Gasteiger partial charge in [0, 0.05) is 37.0 Å². The molecule has 0 bridgehead atoms. The van der Waals surface area contributed by atoms with Crippen LogP contribution in [-0.4, -0.2) is 26.8 Å². The lowest BCUT2D eigenvalue weighted by molar-refractivity contribution is -0.134. The number of nitrogens with one attached hydrogen (secondary N) is 1. The topological polar surface area (TPSA) is 90.0 Å². The molecule has 0 aliphatic carbocycles. The summed E-state index contributed by atoms with van der Waals surface area (Å²) in [5.41, 5.74) is 4.79. The number of nitrogens with zero attached hydrogens (tertiary/aromatic N) is 3. The lowest BCUT2D eigenvalue weighted by Crippen LogP contribution is -2.39. The van der Waals surface area contributed by atoms with E-state index in [-0.39, 0.29) is 11.8 Å². The van der Waals surface area contributed by atoms with Crippen molar-refractivity contribution in [2.75, 3.05) is 0 Å². The monoisotopic (exact) mass is 434 g/mol. The number of benzene rings is 2. The Labute approximate surface area is 183 Å². The van der Waals surface area contributed by atoms with Gasteiger partial charge in [-0.1, -0.05) is 41.0 Å². The third kappa shape index (κ3) is 3.61. The summed E-state index contributed by atoms with van der Waals surface area (Å²) in [5.74, 6) is -0.991.